The Balaban J connectivity index is 1.09. The molecule has 2 aromatic heterocycles. The molecule has 0 N–H and O–H groups in total. The Bertz CT molecular complexity index is 3650. The highest BCUT2D eigenvalue weighted by atomic mass is 16.5. The first-order valence-corrected chi connectivity index (χ1v) is 22.0. The summed E-state index contributed by atoms with van der Waals surface area (Å²) in [4.78, 5) is 9.60. The number of aryl methyl sites for hydroxylation is 1. The molecule has 15 rings (SSSR count). The van der Waals surface area contributed by atoms with E-state index in [1.807, 2.05) is 128 Å². The van der Waals surface area contributed by atoms with Gasteiger partial charge in [0, 0.05) is 58.3 Å². The van der Waals surface area contributed by atoms with Gasteiger partial charge in [0.15, 0.2) is 0 Å². The summed E-state index contributed by atoms with van der Waals surface area (Å²) in [6, 6.07) is 62.1. The summed E-state index contributed by atoms with van der Waals surface area (Å²) in [6.07, 6.45) is 0.0286. The average molecular weight is 848 g/mol. The number of hydrogen-bond donors (Lipinski definition) is 0. The van der Waals surface area contributed by atoms with Gasteiger partial charge in [-0.05, 0) is 114 Å². The fourth-order valence-corrected chi connectivity index (χ4v) is 9.46. The Morgan fingerprint density at radius 2 is 1.22 bits per heavy atom. The lowest BCUT2D eigenvalue weighted by molar-refractivity contribution is 0.479. The fraction of sp³-hybridized carbons (Fsp3) is 0.102. The van der Waals surface area contributed by atoms with E-state index in [-0.39, 0.29) is 17.2 Å². The van der Waals surface area contributed by atoms with Gasteiger partial charge in [-0.3, -0.25) is 4.57 Å². The van der Waals surface area contributed by atoms with Crippen molar-refractivity contribution in [3.8, 4) is 62.2 Å². The summed E-state index contributed by atoms with van der Waals surface area (Å²) < 4.78 is 60.2. The van der Waals surface area contributed by atoms with E-state index in [4.69, 9.17) is 18.6 Å². The fourth-order valence-electron chi connectivity index (χ4n) is 9.46. The van der Waals surface area contributed by atoms with E-state index in [1.165, 1.54) is 0 Å². The summed E-state index contributed by atoms with van der Waals surface area (Å²) >= 11 is 0. The average Bonchev–Trinajstić information content (AvgIpc) is 3.92. The third-order valence-electron chi connectivity index (χ3n) is 12.4. The molecule has 65 heavy (non-hydrogen) atoms. The van der Waals surface area contributed by atoms with Crippen molar-refractivity contribution in [3.05, 3.63) is 205 Å². The zero-order valence-electron chi connectivity index (χ0n) is 40.9. The van der Waals surface area contributed by atoms with Crippen molar-refractivity contribution in [2.45, 2.75) is 27.1 Å². The molecule has 0 radical (unpaired) electrons. The van der Waals surface area contributed by atoms with Gasteiger partial charge in [0.2, 0.25) is 0 Å². The molecular weight excluding hydrogens is 797 g/mol. The van der Waals surface area contributed by atoms with Crippen molar-refractivity contribution in [2.24, 2.45) is 5.92 Å². The number of rotatable bonds is 3. The smallest absolute Gasteiger partial charge is 0.137 e. The van der Waals surface area contributed by atoms with Crippen LogP contribution in [0.2, 0.25) is 0 Å². The molecule has 0 spiro atoms. The minimum Gasteiger partial charge on any atom is -0.457 e. The molecule has 0 amide bonds. The predicted octanol–water partition coefficient (Wildman–Crippen LogP) is 15.8. The molecular formula is C59H46N4O2. The number of pyridine rings is 1. The van der Waals surface area contributed by atoms with Crippen LogP contribution in [0.5, 0.6) is 23.0 Å². The van der Waals surface area contributed by atoms with Crippen LogP contribution in [0.3, 0.4) is 0 Å². The van der Waals surface area contributed by atoms with Crippen molar-refractivity contribution in [1.82, 2.24) is 9.55 Å². The first kappa shape index (κ1) is 33.5. The molecule has 12 bridgehead atoms. The number of aromatic nitrogens is 2. The Kier molecular flexibility index (Phi) is 8.04. The third kappa shape index (κ3) is 6.77. The van der Waals surface area contributed by atoms with Crippen LogP contribution in [0, 0.1) is 12.8 Å². The standard InChI is InChI=1S/C59H46N4O2/c1-38(2)32-43-33-58-60-36-52(43)42-23-28-46(29-24-42)64-45-26-21-41(22-27-45)49-16-11-15-48(40-12-5-4-6-13-40)59(49)62-37-61(54-18-9-10-19-55(54)62)44-25-20-39(3)57(34-44)65-47-30-31-51-50-14-7-8-17-53(50)63(58)56(51)35-47/h4-31,33-36,38H,32,37H2,1-3H3/i3D3,32D2. The monoisotopic (exact) mass is 847 g/mol. The molecule has 5 aliphatic rings. The third-order valence-corrected chi connectivity index (χ3v) is 12.4. The van der Waals surface area contributed by atoms with E-state index >= 15 is 0 Å². The van der Waals surface area contributed by atoms with Crippen molar-refractivity contribution in [2.75, 3.05) is 16.5 Å². The van der Waals surface area contributed by atoms with Crippen LogP contribution in [0.1, 0.15) is 31.8 Å². The zero-order chi connectivity index (χ0) is 47.9. The SMILES string of the molecule is [2H]C([2H])([2H])c1ccc2cc1Oc1ccc3c4ccccc4n(c3c1)-c1cc(C([2H])([2H])C(C)C)c(cn1)-c1ccc(cc1)Oc1ccc(cc1)-c1cccc(-c3ccccc3)c1N1CN2c2ccccc21. The summed E-state index contributed by atoms with van der Waals surface area (Å²) in [5.74, 6) is 2.15. The van der Waals surface area contributed by atoms with Gasteiger partial charge in [-0.2, -0.15) is 0 Å². The summed E-state index contributed by atoms with van der Waals surface area (Å²) in [5.41, 5.74) is 11.7. The maximum atomic E-state index is 9.47. The molecule has 0 aliphatic carbocycles. The first-order chi connectivity index (χ1) is 33.9. The highest BCUT2D eigenvalue weighted by Crippen LogP contribution is 2.51. The van der Waals surface area contributed by atoms with E-state index < -0.39 is 13.2 Å². The number of nitrogens with zero attached hydrogens (tertiary/aromatic N) is 4. The molecule has 314 valence electrons. The van der Waals surface area contributed by atoms with Crippen LogP contribution in [0.15, 0.2) is 194 Å². The van der Waals surface area contributed by atoms with Gasteiger partial charge in [0.05, 0.1) is 28.1 Å². The molecule has 0 saturated carbocycles. The molecule has 0 fully saturated rings. The van der Waals surface area contributed by atoms with Gasteiger partial charge in [0.25, 0.3) is 0 Å². The molecule has 8 aromatic carbocycles. The van der Waals surface area contributed by atoms with Gasteiger partial charge < -0.3 is 19.3 Å². The second-order valence-corrected chi connectivity index (χ2v) is 16.9. The van der Waals surface area contributed by atoms with E-state index in [0.29, 0.717) is 40.9 Å². The van der Waals surface area contributed by atoms with Crippen LogP contribution >= 0.6 is 0 Å². The lowest BCUT2D eigenvalue weighted by atomic mass is 9.95. The minimum atomic E-state index is -2.48. The maximum absolute atomic E-state index is 9.47. The van der Waals surface area contributed by atoms with Crippen LogP contribution in [-0.4, -0.2) is 16.2 Å². The number of benzene rings is 8. The number of hydrogen-bond acceptors (Lipinski definition) is 5. The highest BCUT2D eigenvalue weighted by molar-refractivity contribution is 6.09. The Morgan fingerprint density at radius 1 is 0.569 bits per heavy atom. The van der Waals surface area contributed by atoms with E-state index in [0.717, 1.165) is 72.4 Å². The van der Waals surface area contributed by atoms with Crippen LogP contribution in [0.4, 0.5) is 22.7 Å². The molecule has 0 saturated heterocycles. The Hall–Kier alpha value is -8.09. The van der Waals surface area contributed by atoms with Gasteiger partial charge >= 0.3 is 0 Å². The topological polar surface area (TPSA) is 42.8 Å². The van der Waals surface area contributed by atoms with E-state index in [2.05, 4.69) is 82.6 Å². The second kappa shape index (κ2) is 15.6. The number of ether oxygens (including phenoxy) is 2. The van der Waals surface area contributed by atoms with Crippen LogP contribution in [-0.2, 0) is 6.37 Å². The van der Waals surface area contributed by atoms with Crippen molar-refractivity contribution >= 4 is 44.6 Å². The Morgan fingerprint density at radius 3 is 1.95 bits per heavy atom. The maximum Gasteiger partial charge on any atom is 0.137 e. The molecule has 6 heteroatoms. The summed E-state index contributed by atoms with van der Waals surface area (Å²) in [6.45, 7) is 1.72. The van der Waals surface area contributed by atoms with Crippen molar-refractivity contribution in [3.63, 3.8) is 0 Å². The molecule has 6 nitrogen and oxygen atoms in total. The van der Waals surface area contributed by atoms with Crippen molar-refractivity contribution < 1.29 is 16.3 Å². The van der Waals surface area contributed by atoms with Crippen molar-refractivity contribution in [1.29, 1.82) is 0 Å². The quantitative estimate of drug-likeness (QED) is 0.177. The minimum absolute atomic E-state index is 0.0874. The zero-order valence-corrected chi connectivity index (χ0v) is 35.9. The lowest BCUT2D eigenvalue weighted by Gasteiger charge is -2.27. The number of fused-ring (bicyclic) bond motifs is 6. The predicted molar refractivity (Wildman–Crippen MR) is 267 cm³/mol. The van der Waals surface area contributed by atoms with Gasteiger partial charge in [-0.15, -0.1) is 0 Å². The summed E-state index contributed by atoms with van der Waals surface area (Å²) in [5, 5.41) is 1.92. The number of anilines is 4. The molecule has 0 atom stereocenters. The van der Waals surface area contributed by atoms with Gasteiger partial charge in [-0.25, -0.2) is 4.98 Å². The van der Waals surface area contributed by atoms with E-state index in [9.17, 15) is 2.74 Å². The molecule has 7 heterocycles. The van der Waals surface area contributed by atoms with E-state index in [1.54, 1.807) is 12.3 Å². The second-order valence-electron chi connectivity index (χ2n) is 16.9. The number of para-hydroxylation sites is 4. The van der Waals surface area contributed by atoms with Gasteiger partial charge in [0.1, 0.15) is 35.5 Å². The summed E-state index contributed by atoms with van der Waals surface area (Å²) in [7, 11) is 0. The lowest BCUT2D eigenvalue weighted by Crippen LogP contribution is -2.25. The van der Waals surface area contributed by atoms with Gasteiger partial charge in [-0.1, -0.05) is 123 Å². The molecule has 0 unspecified atom stereocenters. The molecule has 5 aliphatic heterocycles. The molecule has 10 aromatic rings. The Labute approximate surface area is 386 Å². The normalized spacial score (nSPS) is 14.4. The van der Waals surface area contributed by atoms with Crippen LogP contribution < -0.4 is 19.3 Å². The highest BCUT2D eigenvalue weighted by Gasteiger charge is 2.32. The van der Waals surface area contributed by atoms with Crippen LogP contribution in [0.25, 0.3) is 61.0 Å². The largest absolute Gasteiger partial charge is 0.457 e. The first-order valence-electron chi connectivity index (χ1n) is 24.5.